The number of anilines is 1. The van der Waals surface area contributed by atoms with Gasteiger partial charge in [-0.15, -0.1) is 0 Å². The summed E-state index contributed by atoms with van der Waals surface area (Å²) in [7, 11) is 0. The van der Waals surface area contributed by atoms with Crippen molar-refractivity contribution in [2.24, 2.45) is 0 Å². The summed E-state index contributed by atoms with van der Waals surface area (Å²) in [5, 5.41) is 0.962. The molecule has 1 aromatic heterocycles. The van der Waals surface area contributed by atoms with Gasteiger partial charge in [0.25, 0.3) is 0 Å². The number of benzene rings is 1. The molecule has 0 radical (unpaired) electrons. The van der Waals surface area contributed by atoms with Gasteiger partial charge in [-0.1, -0.05) is 29.8 Å². The molecule has 0 unspecified atom stereocenters. The molecule has 0 atom stereocenters. The summed E-state index contributed by atoms with van der Waals surface area (Å²) in [5.74, 6) is 1.37. The fraction of sp³-hybridized carbons (Fsp3) is 0.231. The number of aromatic nitrogens is 2. The molecule has 4 nitrogen and oxygen atoms in total. The van der Waals surface area contributed by atoms with Gasteiger partial charge in [-0.25, -0.2) is 4.98 Å². The van der Waals surface area contributed by atoms with Crippen LogP contribution < -0.4 is 9.64 Å². The lowest BCUT2D eigenvalue weighted by Crippen LogP contribution is -2.33. The minimum absolute atomic E-state index is 0.216. The van der Waals surface area contributed by atoms with Crippen molar-refractivity contribution in [1.82, 2.24) is 9.97 Å². The minimum atomic E-state index is 0.216. The van der Waals surface area contributed by atoms with E-state index in [2.05, 4.69) is 14.9 Å². The van der Waals surface area contributed by atoms with E-state index in [0.29, 0.717) is 24.7 Å². The van der Waals surface area contributed by atoms with Gasteiger partial charge in [0.05, 0.1) is 12.7 Å². The largest absolute Gasteiger partial charge is 0.486 e. The summed E-state index contributed by atoms with van der Waals surface area (Å²) in [6.45, 7) is 2.01. The van der Waals surface area contributed by atoms with E-state index in [-0.39, 0.29) is 5.28 Å². The van der Waals surface area contributed by atoms with E-state index in [0.717, 1.165) is 17.1 Å². The van der Waals surface area contributed by atoms with Gasteiger partial charge < -0.3 is 9.64 Å². The molecular weight excluding hydrogens is 285 g/mol. The second kappa shape index (κ2) is 5.23. The lowest BCUT2D eigenvalue weighted by molar-refractivity contribution is 0.303. The van der Waals surface area contributed by atoms with Crippen LogP contribution in [0.4, 0.5) is 5.82 Å². The van der Waals surface area contributed by atoms with Crippen LogP contribution in [0.3, 0.4) is 0 Å². The normalized spacial score (nSPS) is 13.9. The van der Waals surface area contributed by atoms with Crippen molar-refractivity contribution in [3.05, 3.63) is 46.3 Å². The summed E-state index contributed by atoms with van der Waals surface area (Å²) in [6, 6.07) is 7.76. The maximum absolute atomic E-state index is 6.19. The van der Waals surface area contributed by atoms with Crippen LogP contribution in [0, 0.1) is 0 Å². The van der Waals surface area contributed by atoms with Crippen LogP contribution in [0.2, 0.25) is 10.3 Å². The molecule has 2 heterocycles. The molecule has 0 saturated carbocycles. The number of rotatable bonds is 2. The molecule has 1 aliphatic rings. The fourth-order valence-electron chi connectivity index (χ4n) is 2.03. The highest BCUT2D eigenvalue weighted by Crippen LogP contribution is 2.31. The molecule has 0 spiro atoms. The SMILES string of the molecule is Clc1ncc2c(n1)N(Cc1ccccc1Cl)CCO2. The predicted molar refractivity (Wildman–Crippen MR) is 75.0 cm³/mol. The van der Waals surface area contributed by atoms with Crippen LogP contribution in [0.5, 0.6) is 5.75 Å². The van der Waals surface area contributed by atoms with Gasteiger partial charge >= 0.3 is 0 Å². The molecule has 0 fully saturated rings. The quantitative estimate of drug-likeness (QED) is 0.798. The Bertz CT molecular complexity index is 606. The van der Waals surface area contributed by atoms with Crippen molar-refractivity contribution in [2.75, 3.05) is 18.1 Å². The van der Waals surface area contributed by atoms with E-state index in [1.54, 1.807) is 6.20 Å². The zero-order valence-electron chi connectivity index (χ0n) is 10.0. The van der Waals surface area contributed by atoms with Crippen molar-refractivity contribution in [3.8, 4) is 5.75 Å². The first-order valence-electron chi connectivity index (χ1n) is 5.88. The molecule has 1 aromatic carbocycles. The Morgan fingerprint density at radius 1 is 1.26 bits per heavy atom. The summed E-state index contributed by atoms with van der Waals surface area (Å²) in [4.78, 5) is 10.3. The molecule has 1 aliphatic heterocycles. The van der Waals surface area contributed by atoms with E-state index in [4.69, 9.17) is 27.9 Å². The predicted octanol–water partition coefficient (Wildman–Crippen LogP) is 3.18. The Morgan fingerprint density at radius 2 is 2.11 bits per heavy atom. The number of halogens is 2. The molecule has 0 bridgehead atoms. The van der Waals surface area contributed by atoms with Crippen molar-refractivity contribution in [2.45, 2.75) is 6.54 Å². The third-order valence-corrected chi connectivity index (χ3v) is 3.50. The van der Waals surface area contributed by atoms with Crippen molar-refractivity contribution >= 4 is 29.0 Å². The molecule has 0 amide bonds. The number of hydrogen-bond donors (Lipinski definition) is 0. The zero-order chi connectivity index (χ0) is 13.2. The lowest BCUT2D eigenvalue weighted by Gasteiger charge is -2.29. The van der Waals surface area contributed by atoms with Crippen LogP contribution in [0.25, 0.3) is 0 Å². The number of nitrogens with zero attached hydrogens (tertiary/aromatic N) is 3. The first-order valence-corrected chi connectivity index (χ1v) is 6.63. The first-order chi connectivity index (χ1) is 9.24. The third-order valence-electron chi connectivity index (χ3n) is 2.94. The van der Waals surface area contributed by atoms with Crippen LogP contribution in [0.1, 0.15) is 5.56 Å². The average molecular weight is 296 g/mol. The second-order valence-electron chi connectivity index (χ2n) is 4.19. The van der Waals surface area contributed by atoms with Crippen molar-refractivity contribution < 1.29 is 4.74 Å². The fourth-order valence-corrected chi connectivity index (χ4v) is 2.35. The molecule has 0 aliphatic carbocycles. The smallest absolute Gasteiger partial charge is 0.224 e. The molecule has 0 saturated heterocycles. The maximum atomic E-state index is 6.19. The summed E-state index contributed by atoms with van der Waals surface area (Å²) in [6.07, 6.45) is 1.60. The van der Waals surface area contributed by atoms with Gasteiger partial charge in [0.1, 0.15) is 6.61 Å². The van der Waals surface area contributed by atoms with Gasteiger partial charge in [-0.3, -0.25) is 0 Å². The van der Waals surface area contributed by atoms with Crippen LogP contribution >= 0.6 is 23.2 Å². The number of hydrogen-bond acceptors (Lipinski definition) is 4. The van der Waals surface area contributed by atoms with Crippen LogP contribution in [0.15, 0.2) is 30.5 Å². The molecule has 19 heavy (non-hydrogen) atoms. The van der Waals surface area contributed by atoms with Gasteiger partial charge in [0.2, 0.25) is 5.28 Å². The van der Waals surface area contributed by atoms with Gasteiger partial charge in [0.15, 0.2) is 11.6 Å². The van der Waals surface area contributed by atoms with Crippen LogP contribution in [-0.4, -0.2) is 23.1 Å². The summed E-state index contributed by atoms with van der Waals surface area (Å²) >= 11 is 12.0. The van der Waals surface area contributed by atoms with E-state index in [1.165, 1.54) is 0 Å². The maximum Gasteiger partial charge on any atom is 0.224 e. The van der Waals surface area contributed by atoms with Gasteiger partial charge in [-0.2, -0.15) is 4.98 Å². The number of ether oxygens (including phenoxy) is 1. The van der Waals surface area contributed by atoms with Gasteiger partial charge in [-0.05, 0) is 23.2 Å². The highest BCUT2D eigenvalue weighted by Gasteiger charge is 2.21. The molecule has 6 heteroatoms. The van der Waals surface area contributed by atoms with Crippen molar-refractivity contribution in [1.29, 1.82) is 0 Å². The van der Waals surface area contributed by atoms with Crippen LogP contribution in [-0.2, 0) is 6.54 Å². The van der Waals surface area contributed by atoms with E-state index in [1.807, 2.05) is 24.3 Å². The Kier molecular flexibility index (Phi) is 3.44. The molecular formula is C13H11Cl2N3O. The first kappa shape index (κ1) is 12.5. The highest BCUT2D eigenvalue weighted by atomic mass is 35.5. The standard InChI is InChI=1S/C13H11Cl2N3O/c14-10-4-2-1-3-9(10)8-18-5-6-19-11-7-16-13(15)17-12(11)18/h1-4,7H,5-6,8H2. The Morgan fingerprint density at radius 3 is 2.95 bits per heavy atom. The Balaban J connectivity index is 1.92. The minimum Gasteiger partial charge on any atom is -0.486 e. The molecule has 2 aromatic rings. The average Bonchev–Trinajstić information content (AvgIpc) is 2.42. The monoisotopic (exact) mass is 295 g/mol. The molecule has 98 valence electrons. The van der Waals surface area contributed by atoms with Crippen molar-refractivity contribution in [3.63, 3.8) is 0 Å². The third kappa shape index (κ3) is 2.60. The summed E-state index contributed by atoms with van der Waals surface area (Å²) in [5.41, 5.74) is 1.05. The topological polar surface area (TPSA) is 38.2 Å². The highest BCUT2D eigenvalue weighted by molar-refractivity contribution is 6.31. The molecule has 3 rings (SSSR count). The number of fused-ring (bicyclic) bond motifs is 1. The Labute approximate surface area is 120 Å². The van der Waals surface area contributed by atoms with E-state index < -0.39 is 0 Å². The zero-order valence-corrected chi connectivity index (χ0v) is 11.5. The lowest BCUT2D eigenvalue weighted by atomic mass is 10.2. The van der Waals surface area contributed by atoms with E-state index in [9.17, 15) is 0 Å². The molecule has 0 N–H and O–H groups in total. The van der Waals surface area contributed by atoms with E-state index >= 15 is 0 Å². The van der Waals surface area contributed by atoms with Gasteiger partial charge in [0, 0.05) is 11.6 Å². The second-order valence-corrected chi connectivity index (χ2v) is 4.93. The Hall–Kier alpha value is -1.52. The summed E-state index contributed by atoms with van der Waals surface area (Å²) < 4.78 is 5.52.